The third kappa shape index (κ3) is 1.63. The Hall–Kier alpha value is -0.0500. The Morgan fingerprint density at radius 2 is 2.38 bits per heavy atom. The highest BCUT2D eigenvalue weighted by molar-refractivity contribution is 7.16. The topological polar surface area (TPSA) is 20.2 Å². The van der Waals surface area contributed by atoms with Gasteiger partial charge in [0.05, 0.1) is 10.4 Å². The van der Waals surface area contributed by atoms with Gasteiger partial charge in [0, 0.05) is 10.8 Å². The first-order valence-corrected chi connectivity index (χ1v) is 5.85. The normalized spacial score (nSPS) is 33.0. The molecule has 0 aliphatic heterocycles. The first-order valence-electron chi connectivity index (χ1n) is 4.65. The summed E-state index contributed by atoms with van der Waals surface area (Å²) in [4.78, 5) is 1.34. The Morgan fingerprint density at radius 3 is 2.85 bits per heavy atom. The molecule has 1 heterocycles. The van der Waals surface area contributed by atoms with Crippen LogP contribution in [0.2, 0.25) is 4.34 Å². The lowest BCUT2D eigenvalue weighted by molar-refractivity contribution is 0.000489. The highest BCUT2D eigenvalue weighted by Crippen LogP contribution is 2.47. The Balaban J connectivity index is 2.11. The number of thiophene rings is 1. The fourth-order valence-corrected chi connectivity index (χ4v) is 3.34. The molecule has 2 rings (SSSR count). The van der Waals surface area contributed by atoms with Crippen molar-refractivity contribution < 1.29 is 5.11 Å². The van der Waals surface area contributed by atoms with Crippen molar-refractivity contribution in [3.63, 3.8) is 0 Å². The average molecular weight is 217 g/mol. The second-order valence-corrected chi connectivity index (χ2v) is 5.37. The molecule has 1 aliphatic rings. The number of halogens is 1. The molecule has 0 bridgehead atoms. The number of aliphatic hydroxyl groups excluding tert-OH is 1. The van der Waals surface area contributed by atoms with E-state index in [1.165, 1.54) is 4.88 Å². The molecule has 1 nitrogen and oxygen atoms in total. The van der Waals surface area contributed by atoms with E-state index in [1.807, 2.05) is 6.07 Å². The second-order valence-electron chi connectivity index (χ2n) is 3.62. The van der Waals surface area contributed by atoms with E-state index in [2.05, 4.69) is 13.0 Å². The van der Waals surface area contributed by atoms with Gasteiger partial charge in [0.15, 0.2) is 0 Å². The Bertz CT molecular complexity index is 297. The van der Waals surface area contributed by atoms with Gasteiger partial charge in [-0.1, -0.05) is 24.9 Å². The third-order valence-corrected chi connectivity index (χ3v) is 4.30. The van der Waals surface area contributed by atoms with Crippen molar-refractivity contribution in [3.05, 3.63) is 21.3 Å². The van der Waals surface area contributed by atoms with Crippen LogP contribution >= 0.6 is 22.9 Å². The van der Waals surface area contributed by atoms with Crippen molar-refractivity contribution in [1.82, 2.24) is 0 Å². The SMILES string of the molecule is CCC1C(O)CC1c1ccc(Cl)s1. The number of hydrogen-bond acceptors (Lipinski definition) is 2. The summed E-state index contributed by atoms with van der Waals surface area (Å²) in [6.07, 6.45) is 1.88. The van der Waals surface area contributed by atoms with E-state index in [0.717, 1.165) is 17.2 Å². The molecule has 3 heteroatoms. The van der Waals surface area contributed by atoms with Crippen LogP contribution in [0, 0.1) is 5.92 Å². The van der Waals surface area contributed by atoms with Gasteiger partial charge >= 0.3 is 0 Å². The molecule has 13 heavy (non-hydrogen) atoms. The summed E-state index contributed by atoms with van der Waals surface area (Å²) in [5.41, 5.74) is 0. The average Bonchev–Trinajstić information content (AvgIpc) is 2.48. The summed E-state index contributed by atoms with van der Waals surface area (Å²) in [5, 5.41) is 9.52. The zero-order valence-electron chi connectivity index (χ0n) is 7.53. The van der Waals surface area contributed by atoms with Gasteiger partial charge in [-0.25, -0.2) is 0 Å². The van der Waals surface area contributed by atoms with Gasteiger partial charge in [0.2, 0.25) is 0 Å². The summed E-state index contributed by atoms with van der Waals surface area (Å²) < 4.78 is 0.853. The fraction of sp³-hybridized carbons (Fsp3) is 0.600. The maximum atomic E-state index is 9.52. The van der Waals surface area contributed by atoms with E-state index in [4.69, 9.17) is 11.6 Å². The van der Waals surface area contributed by atoms with Crippen molar-refractivity contribution in [2.75, 3.05) is 0 Å². The molecule has 0 saturated heterocycles. The molecule has 0 radical (unpaired) electrons. The Labute approximate surface area is 87.4 Å². The van der Waals surface area contributed by atoms with Gasteiger partial charge in [-0.15, -0.1) is 11.3 Å². The van der Waals surface area contributed by atoms with Crippen LogP contribution in [0.25, 0.3) is 0 Å². The highest BCUT2D eigenvalue weighted by atomic mass is 35.5. The maximum Gasteiger partial charge on any atom is 0.0931 e. The maximum absolute atomic E-state index is 9.52. The van der Waals surface area contributed by atoms with Crippen LogP contribution in [0.3, 0.4) is 0 Å². The molecule has 1 N–H and O–H groups in total. The van der Waals surface area contributed by atoms with Gasteiger partial charge in [0.25, 0.3) is 0 Å². The largest absolute Gasteiger partial charge is 0.393 e. The fourth-order valence-electron chi connectivity index (χ4n) is 2.09. The minimum Gasteiger partial charge on any atom is -0.393 e. The molecular weight excluding hydrogens is 204 g/mol. The van der Waals surface area contributed by atoms with E-state index in [0.29, 0.717) is 11.8 Å². The molecule has 1 aromatic heterocycles. The monoisotopic (exact) mass is 216 g/mol. The number of rotatable bonds is 2. The summed E-state index contributed by atoms with van der Waals surface area (Å²) in [5.74, 6) is 1.01. The molecule has 0 spiro atoms. The molecule has 3 atom stereocenters. The zero-order valence-corrected chi connectivity index (χ0v) is 9.11. The molecular formula is C10H13ClOS. The van der Waals surface area contributed by atoms with Gasteiger partial charge < -0.3 is 5.11 Å². The Morgan fingerprint density at radius 1 is 1.62 bits per heavy atom. The summed E-state index contributed by atoms with van der Waals surface area (Å²) in [6, 6.07) is 4.03. The van der Waals surface area contributed by atoms with Crippen LogP contribution in [-0.2, 0) is 0 Å². The standard InChI is InChI=1S/C10H13ClOS/c1-2-6-7(5-8(6)12)9-3-4-10(11)13-9/h3-4,6-8,12H,2,5H2,1H3. The minimum atomic E-state index is -0.0872. The number of hydrogen-bond donors (Lipinski definition) is 1. The highest BCUT2D eigenvalue weighted by Gasteiger charge is 2.39. The molecule has 1 aromatic rings. The van der Waals surface area contributed by atoms with Crippen molar-refractivity contribution in [1.29, 1.82) is 0 Å². The molecule has 0 amide bonds. The van der Waals surface area contributed by atoms with E-state index >= 15 is 0 Å². The van der Waals surface area contributed by atoms with Gasteiger partial charge in [0.1, 0.15) is 0 Å². The van der Waals surface area contributed by atoms with E-state index < -0.39 is 0 Å². The van der Waals surface area contributed by atoms with Crippen molar-refractivity contribution in [2.24, 2.45) is 5.92 Å². The van der Waals surface area contributed by atoms with Crippen LogP contribution in [0.15, 0.2) is 12.1 Å². The third-order valence-electron chi connectivity index (χ3n) is 2.94. The predicted molar refractivity (Wildman–Crippen MR) is 56.5 cm³/mol. The van der Waals surface area contributed by atoms with Crippen LogP contribution in [-0.4, -0.2) is 11.2 Å². The lowest BCUT2D eigenvalue weighted by Gasteiger charge is -2.40. The van der Waals surface area contributed by atoms with Crippen molar-refractivity contribution in [3.8, 4) is 0 Å². The van der Waals surface area contributed by atoms with Crippen LogP contribution in [0.5, 0.6) is 0 Å². The first kappa shape index (κ1) is 9.50. The van der Waals surface area contributed by atoms with Crippen molar-refractivity contribution >= 4 is 22.9 Å². The molecule has 1 aliphatic carbocycles. The van der Waals surface area contributed by atoms with Gasteiger partial charge in [-0.3, -0.25) is 0 Å². The molecule has 72 valence electrons. The van der Waals surface area contributed by atoms with Crippen molar-refractivity contribution in [2.45, 2.75) is 31.8 Å². The number of aliphatic hydroxyl groups is 1. The molecule has 1 saturated carbocycles. The second kappa shape index (κ2) is 3.60. The van der Waals surface area contributed by atoms with Gasteiger partial charge in [-0.05, 0) is 24.5 Å². The molecule has 0 aromatic carbocycles. The van der Waals surface area contributed by atoms with E-state index in [-0.39, 0.29) is 6.10 Å². The first-order chi connectivity index (χ1) is 6.22. The van der Waals surface area contributed by atoms with E-state index in [9.17, 15) is 5.11 Å². The molecule has 1 fully saturated rings. The van der Waals surface area contributed by atoms with Gasteiger partial charge in [-0.2, -0.15) is 0 Å². The van der Waals surface area contributed by atoms with E-state index in [1.54, 1.807) is 11.3 Å². The quantitative estimate of drug-likeness (QED) is 0.805. The van der Waals surface area contributed by atoms with Crippen LogP contribution in [0.4, 0.5) is 0 Å². The lowest BCUT2D eigenvalue weighted by atomic mass is 9.69. The lowest BCUT2D eigenvalue weighted by Crippen LogP contribution is -2.38. The summed E-state index contributed by atoms with van der Waals surface area (Å²) in [7, 11) is 0. The Kier molecular flexibility index (Phi) is 2.63. The minimum absolute atomic E-state index is 0.0872. The summed E-state index contributed by atoms with van der Waals surface area (Å²) >= 11 is 7.52. The zero-order chi connectivity index (χ0) is 9.42. The molecule has 3 unspecified atom stereocenters. The van der Waals surface area contributed by atoms with Crippen LogP contribution < -0.4 is 0 Å². The predicted octanol–water partition coefficient (Wildman–Crippen LogP) is 3.28. The summed E-state index contributed by atoms with van der Waals surface area (Å²) in [6.45, 7) is 2.13. The smallest absolute Gasteiger partial charge is 0.0931 e. The van der Waals surface area contributed by atoms with Crippen LogP contribution in [0.1, 0.15) is 30.6 Å².